The summed E-state index contributed by atoms with van der Waals surface area (Å²) < 4.78 is 11.1. The number of anilines is 1. The Labute approximate surface area is 171 Å². The lowest BCUT2D eigenvalue weighted by atomic mass is 10.1. The van der Waals surface area contributed by atoms with Crippen molar-refractivity contribution in [3.05, 3.63) is 51.9 Å². The van der Waals surface area contributed by atoms with Gasteiger partial charge in [-0.3, -0.25) is 9.69 Å². The first kappa shape index (κ1) is 19.5. The minimum absolute atomic E-state index is 0.128. The number of hydrogen-bond acceptors (Lipinski definition) is 6. The molecule has 0 aliphatic carbocycles. The van der Waals surface area contributed by atoms with Gasteiger partial charge in [0.25, 0.3) is 5.91 Å². The van der Waals surface area contributed by atoms with E-state index in [-0.39, 0.29) is 22.4 Å². The Bertz CT molecular complexity index is 945. The average Bonchev–Trinajstić information content (AvgIpc) is 2.92. The zero-order chi connectivity index (χ0) is 19.6. The predicted molar refractivity (Wildman–Crippen MR) is 113 cm³/mol. The van der Waals surface area contributed by atoms with E-state index in [2.05, 4.69) is 0 Å². The number of carbonyl (C=O) groups is 1. The van der Waals surface area contributed by atoms with E-state index >= 15 is 0 Å². The van der Waals surface area contributed by atoms with Gasteiger partial charge in [-0.2, -0.15) is 0 Å². The van der Waals surface area contributed by atoms with E-state index in [0.717, 1.165) is 0 Å². The van der Waals surface area contributed by atoms with Crippen molar-refractivity contribution >= 4 is 57.6 Å². The first-order valence-corrected chi connectivity index (χ1v) is 9.62. The number of hydrogen-bond donors (Lipinski definition) is 1. The monoisotopic (exact) mass is 421 g/mol. The fourth-order valence-corrected chi connectivity index (χ4v) is 4.09. The van der Waals surface area contributed by atoms with Crippen LogP contribution in [0.4, 0.5) is 5.69 Å². The number of phenolic OH excluding ortho intramolecular Hbond substituents is 1. The van der Waals surface area contributed by atoms with Crippen LogP contribution < -0.4 is 14.4 Å². The number of phenols is 1. The molecule has 2 aromatic rings. The van der Waals surface area contributed by atoms with Crippen molar-refractivity contribution in [2.75, 3.05) is 18.6 Å². The molecule has 0 aromatic heterocycles. The fourth-order valence-electron chi connectivity index (χ4n) is 2.58. The molecule has 0 saturated carbocycles. The van der Waals surface area contributed by atoms with Gasteiger partial charge in [-0.05, 0) is 42.8 Å². The van der Waals surface area contributed by atoms with Gasteiger partial charge in [-0.1, -0.05) is 47.7 Å². The van der Waals surface area contributed by atoms with Gasteiger partial charge in [-0.25, -0.2) is 0 Å². The summed E-state index contributed by atoms with van der Waals surface area (Å²) in [6.07, 6.45) is 1.67. The summed E-state index contributed by atoms with van der Waals surface area (Å²) in [6, 6.07) is 10.4. The molecule has 0 radical (unpaired) electrons. The third kappa shape index (κ3) is 3.90. The number of thioether (sulfide) groups is 1. The Kier molecular flexibility index (Phi) is 5.94. The molecule has 0 atom stereocenters. The minimum Gasteiger partial charge on any atom is -0.503 e. The van der Waals surface area contributed by atoms with Gasteiger partial charge in [-0.15, -0.1) is 0 Å². The quantitative estimate of drug-likeness (QED) is 0.549. The Morgan fingerprint density at radius 3 is 2.74 bits per heavy atom. The lowest BCUT2D eigenvalue weighted by Crippen LogP contribution is -2.27. The number of ether oxygens (including phenoxy) is 2. The summed E-state index contributed by atoms with van der Waals surface area (Å²) in [5, 5.41) is 10.1. The molecular weight excluding hydrogens is 406 g/mol. The van der Waals surface area contributed by atoms with E-state index in [1.54, 1.807) is 44.4 Å². The molecule has 1 N–H and O–H groups in total. The van der Waals surface area contributed by atoms with Crippen LogP contribution in [0.1, 0.15) is 12.5 Å². The van der Waals surface area contributed by atoms with Gasteiger partial charge < -0.3 is 14.6 Å². The molecule has 0 bridgehead atoms. The highest BCUT2D eigenvalue weighted by molar-refractivity contribution is 8.27. The molecule has 0 spiro atoms. The number of methoxy groups -OCH3 is 1. The first-order chi connectivity index (χ1) is 13.0. The van der Waals surface area contributed by atoms with Crippen molar-refractivity contribution in [1.82, 2.24) is 0 Å². The lowest BCUT2D eigenvalue weighted by molar-refractivity contribution is -0.113. The summed E-state index contributed by atoms with van der Waals surface area (Å²) in [4.78, 5) is 14.8. The van der Waals surface area contributed by atoms with Crippen molar-refractivity contribution in [3.8, 4) is 17.2 Å². The van der Waals surface area contributed by atoms with Crippen molar-refractivity contribution < 1.29 is 19.4 Å². The van der Waals surface area contributed by atoms with Crippen molar-refractivity contribution in [1.29, 1.82) is 0 Å². The summed E-state index contributed by atoms with van der Waals surface area (Å²) >= 11 is 12.6. The van der Waals surface area contributed by atoms with Crippen molar-refractivity contribution in [3.63, 3.8) is 0 Å². The third-order valence-corrected chi connectivity index (χ3v) is 5.36. The predicted octanol–water partition coefficient (Wildman–Crippen LogP) is 4.86. The normalized spacial score (nSPS) is 15.5. The van der Waals surface area contributed by atoms with Crippen LogP contribution in [0, 0.1) is 0 Å². The second-order valence-electron chi connectivity index (χ2n) is 5.47. The second kappa shape index (κ2) is 8.21. The molecule has 2 aromatic carbocycles. The van der Waals surface area contributed by atoms with Crippen LogP contribution in [-0.2, 0) is 4.79 Å². The van der Waals surface area contributed by atoms with Crippen LogP contribution in [0.3, 0.4) is 0 Å². The van der Waals surface area contributed by atoms with Crippen molar-refractivity contribution in [2.24, 2.45) is 0 Å². The number of rotatable bonds is 5. The van der Waals surface area contributed by atoms with Crippen LogP contribution in [0.25, 0.3) is 6.08 Å². The van der Waals surface area contributed by atoms with E-state index in [1.807, 2.05) is 12.1 Å². The summed E-state index contributed by atoms with van der Waals surface area (Å²) in [6.45, 7) is 2.18. The number of aromatic hydroxyl groups is 1. The molecular formula is C19H16ClNO4S2. The fraction of sp³-hybridized carbons (Fsp3) is 0.158. The Morgan fingerprint density at radius 1 is 1.30 bits per heavy atom. The summed E-state index contributed by atoms with van der Waals surface area (Å²) in [7, 11) is 1.54. The zero-order valence-electron chi connectivity index (χ0n) is 14.6. The minimum atomic E-state index is -0.253. The highest BCUT2D eigenvalue weighted by Gasteiger charge is 2.34. The molecule has 140 valence electrons. The van der Waals surface area contributed by atoms with E-state index < -0.39 is 0 Å². The molecule has 0 unspecified atom stereocenters. The van der Waals surface area contributed by atoms with Gasteiger partial charge in [0.2, 0.25) is 0 Å². The molecule has 8 heteroatoms. The van der Waals surface area contributed by atoms with Gasteiger partial charge in [0, 0.05) is 0 Å². The number of carbonyl (C=O) groups excluding carboxylic acids is 1. The van der Waals surface area contributed by atoms with E-state index in [1.165, 1.54) is 16.7 Å². The molecule has 5 nitrogen and oxygen atoms in total. The Balaban J connectivity index is 1.98. The molecule has 1 heterocycles. The van der Waals surface area contributed by atoms with E-state index in [9.17, 15) is 9.90 Å². The maximum atomic E-state index is 12.9. The first-order valence-electron chi connectivity index (χ1n) is 8.02. The van der Waals surface area contributed by atoms with Gasteiger partial charge >= 0.3 is 0 Å². The van der Waals surface area contributed by atoms with E-state index in [0.29, 0.717) is 32.8 Å². The largest absolute Gasteiger partial charge is 0.503 e. The Hall–Kier alpha value is -2.22. The van der Waals surface area contributed by atoms with Crippen LogP contribution in [-0.4, -0.2) is 29.1 Å². The molecule has 1 amide bonds. The summed E-state index contributed by atoms with van der Waals surface area (Å²) in [5.74, 6) is 0.437. The molecule has 3 rings (SSSR count). The highest BCUT2D eigenvalue weighted by Crippen LogP contribution is 2.41. The SMILES string of the molecule is CCOc1cc(/C=C2\SC(=S)N(c3ccccc3OC)C2=O)cc(Cl)c1O. The summed E-state index contributed by atoms with van der Waals surface area (Å²) in [5.41, 5.74) is 1.21. The van der Waals surface area contributed by atoms with Crippen molar-refractivity contribution in [2.45, 2.75) is 6.92 Å². The smallest absolute Gasteiger partial charge is 0.270 e. The number of para-hydroxylation sites is 2. The van der Waals surface area contributed by atoms with Crippen LogP contribution >= 0.6 is 35.6 Å². The molecule has 1 fully saturated rings. The van der Waals surface area contributed by atoms with Crippen LogP contribution in [0.5, 0.6) is 17.2 Å². The number of nitrogens with zero attached hydrogens (tertiary/aromatic N) is 1. The number of amides is 1. The number of benzene rings is 2. The maximum Gasteiger partial charge on any atom is 0.270 e. The molecule has 1 aliphatic rings. The van der Waals surface area contributed by atoms with Gasteiger partial charge in [0.15, 0.2) is 15.8 Å². The maximum absolute atomic E-state index is 12.9. The topological polar surface area (TPSA) is 59.0 Å². The number of halogens is 1. The van der Waals surface area contributed by atoms with E-state index in [4.69, 9.17) is 33.3 Å². The molecule has 27 heavy (non-hydrogen) atoms. The van der Waals surface area contributed by atoms with Crippen LogP contribution in [0.2, 0.25) is 5.02 Å². The third-order valence-electron chi connectivity index (χ3n) is 3.77. The Morgan fingerprint density at radius 2 is 2.04 bits per heavy atom. The second-order valence-corrected chi connectivity index (χ2v) is 7.55. The average molecular weight is 422 g/mol. The standard InChI is InChI=1S/C19H16ClNO4S2/c1-3-25-15-9-11(8-12(20)17(15)22)10-16-18(23)21(19(26)27-16)13-6-4-5-7-14(13)24-2/h4-10,22H,3H2,1-2H3/b16-10-. The van der Waals surface area contributed by atoms with Gasteiger partial charge in [0.05, 0.1) is 29.3 Å². The molecule has 1 aliphatic heterocycles. The van der Waals surface area contributed by atoms with Crippen LogP contribution in [0.15, 0.2) is 41.3 Å². The van der Waals surface area contributed by atoms with Gasteiger partial charge in [0.1, 0.15) is 5.75 Å². The highest BCUT2D eigenvalue weighted by atomic mass is 35.5. The zero-order valence-corrected chi connectivity index (χ0v) is 17.0. The number of thiocarbonyl (C=S) groups is 1. The molecule has 1 saturated heterocycles. The lowest BCUT2D eigenvalue weighted by Gasteiger charge is -2.17.